The van der Waals surface area contributed by atoms with Crippen molar-refractivity contribution >= 4 is 15.7 Å². The van der Waals surface area contributed by atoms with Gasteiger partial charge < -0.3 is 5.73 Å². The molecule has 3 N–H and O–H groups in total. The van der Waals surface area contributed by atoms with Crippen LogP contribution in [0.4, 0.5) is 10.1 Å². The van der Waals surface area contributed by atoms with Gasteiger partial charge in [0, 0.05) is 6.04 Å². The van der Waals surface area contributed by atoms with Crippen molar-refractivity contribution in [3.63, 3.8) is 0 Å². The lowest BCUT2D eigenvalue weighted by molar-refractivity contribution is 0.306. The lowest BCUT2D eigenvalue weighted by Gasteiger charge is -2.28. The van der Waals surface area contributed by atoms with Crippen LogP contribution in [0.25, 0.3) is 0 Å². The minimum Gasteiger partial charge on any atom is -0.396 e. The predicted octanol–water partition coefficient (Wildman–Crippen LogP) is 2.96. The third-order valence-electron chi connectivity index (χ3n) is 4.31. The van der Waals surface area contributed by atoms with Crippen LogP contribution >= 0.6 is 0 Å². The van der Waals surface area contributed by atoms with Crippen molar-refractivity contribution in [2.24, 2.45) is 5.92 Å². The molecule has 2 rings (SSSR count). The molecule has 0 bridgehead atoms. The number of anilines is 1. The average molecular weight is 314 g/mol. The Kier molecular flexibility index (Phi) is 4.88. The summed E-state index contributed by atoms with van der Waals surface area (Å²) in [6.07, 6.45) is 4.95. The molecule has 0 aromatic heterocycles. The summed E-state index contributed by atoms with van der Waals surface area (Å²) in [6, 6.07) is 2.47. The van der Waals surface area contributed by atoms with Crippen molar-refractivity contribution in [3.05, 3.63) is 23.5 Å². The molecule has 1 aliphatic carbocycles. The van der Waals surface area contributed by atoms with Gasteiger partial charge in [-0.1, -0.05) is 13.3 Å². The summed E-state index contributed by atoms with van der Waals surface area (Å²) < 4.78 is 41.0. The molecule has 0 atom stereocenters. The Balaban J connectivity index is 2.12. The Morgan fingerprint density at radius 1 is 1.29 bits per heavy atom. The number of nitrogens with two attached hydrogens (primary N) is 1. The Labute approximate surface area is 126 Å². The number of nitrogen functional groups attached to an aromatic ring is 1. The van der Waals surface area contributed by atoms with Gasteiger partial charge in [-0.25, -0.2) is 17.5 Å². The number of hydrogen-bond donors (Lipinski definition) is 2. The topological polar surface area (TPSA) is 72.2 Å². The van der Waals surface area contributed by atoms with Crippen LogP contribution in [0.5, 0.6) is 0 Å². The first kappa shape index (κ1) is 16.2. The molecule has 0 radical (unpaired) electrons. The predicted molar refractivity (Wildman–Crippen MR) is 81.9 cm³/mol. The van der Waals surface area contributed by atoms with E-state index >= 15 is 0 Å². The Morgan fingerprint density at radius 3 is 2.43 bits per heavy atom. The third-order valence-corrected chi connectivity index (χ3v) is 5.81. The van der Waals surface area contributed by atoms with Crippen molar-refractivity contribution in [3.8, 4) is 0 Å². The molecule has 1 aliphatic rings. The van der Waals surface area contributed by atoms with E-state index < -0.39 is 15.8 Å². The highest BCUT2D eigenvalue weighted by Gasteiger charge is 2.25. The summed E-state index contributed by atoms with van der Waals surface area (Å²) in [7, 11) is -3.64. The van der Waals surface area contributed by atoms with E-state index in [2.05, 4.69) is 11.6 Å². The smallest absolute Gasteiger partial charge is 0.240 e. The van der Waals surface area contributed by atoms with E-state index in [1.807, 2.05) is 0 Å². The zero-order chi connectivity index (χ0) is 15.6. The number of halogens is 1. The average Bonchev–Trinajstić information content (AvgIpc) is 2.44. The molecule has 1 aromatic carbocycles. The molecule has 0 heterocycles. The highest BCUT2D eigenvalue weighted by atomic mass is 32.2. The molecule has 0 aliphatic heterocycles. The maximum Gasteiger partial charge on any atom is 0.240 e. The SMILES string of the molecule is CCC1CCC(NS(=O)(=O)c2cc(C)c(F)c(N)c2)CC1. The molecule has 21 heavy (non-hydrogen) atoms. The largest absolute Gasteiger partial charge is 0.396 e. The maximum absolute atomic E-state index is 13.5. The lowest BCUT2D eigenvalue weighted by Crippen LogP contribution is -2.37. The van der Waals surface area contributed by atoms with Crippen molar-refractivity contribution in [1.29, 1.82) is 0 Å². The van der Waals surface area contributed by atoms with Gasteiger partial charge in [0.1, 0.15) is 5.82 Å². The quantitative estimate of drug-likeness (QED) is 0.839. The van der Waals surface area contributed by atoms with Gasteiger partial charge in [-0.05, 0) is 56.2 Å². The molecular formula is C15H23FN2O2S. The Bertz CT molecular complexity index is 585. The third kappa shape index (κ3) is 3.74. The zero-order valence-corrected chi connectivity index (χ0v) is 13.3. The molecule has 0 spiro atoms. The van der Waals surface area contributed by atoms with Gasteiger partial charge in [0.2, 0.25) is 10.0 Å². The van der Waals surface area contributed by atoms with Crippen LogP contribution in [-0.2, 0) is 10.0 Å². The van der Waals surface area contributed by atoms with Gasteiger partial charge in [0.15, 0.2) is 0 Å². The fraction of sp³-hybridized carbons (Fsp3) is 0.600. The summed E-state index contributed by atoms with van der Waals surface area (Å²) in [4.78, 5) is 0.0384. The van der Waals surface area contributed by atoms with E-state index in [0.717, 1.165) is 32.1 Å². The standard InChI is InChI=1S/C15H23FN2O2S/c1-3-11-4-6-12(7-5-11)18-21(19,20)13-8-10(2)15(16)14(17)9-13/h8-9,11-12,18H,3-7,17H2,1-2H3. The van der Waals surface area contributed by atoms with E-state index in [9.17, 15) is 12.8 Å². The van der Waals surface area contributed by atoms with Crippen molar-refractivity contribution < 1.29 is 12.8 Å². The number of rotatable bonds is 4. The zero-order valence-electron chi connectivity index (χ0n) is 12.5. The van der Waals surface area contributed by atoms with Crippen molar-refractivity contribution in [2.75, 3.05) is 5.73 Å². The molecule has 6 heteroatoms. The van der Waals surface area contributed by atoms with Crippen LogP contribution < -0.4 is 10.5 Å². The van der Waals surface area contributed by atoms with Gasteiger partial charge in [0.05, 0.1) is 10.6 Å². The van der Waals surface area contributed by atoms with Crippen LogP contribution in [0.15, 0.2) is 17.0 Å². The van der Waals surface area contributed by atoms with Crippen LogP contribution in [-0.4, -0.2) is 14.5 Å². The fourth-order valence-corrected chi connectivity index (χ4v) is 4.32. The normalized spacial score (nSPS) is 23.2. The van der Waals surface area contributed by atoms with E-state index in [-0.39, 0.29) is 22.2 Å². The molecule has 1 saturated carbocycles. The van der Waals surface area contributed by atoms with E-state index in [0.29, 0.717) is 5.92 Å². The summed E-state index contributed by atoms with van der Waals surface area (Å²) in [5.41, 5.74) is 5.63. The van der Waals surface area contributed by atoms with Gasteiger partial charge >= 0.3 is 0 Å². The first-order valence-electron chi connectivity index (χ1n) is 7.41. The minimum absolute atomic E-state index is 0.0376. The molecule has 1 aromatic rings. The second kappa shape index (κ2) is 6.32. The second-order valence-corrected chi connectivity index (χ2v) is 7.60. The van der Waals surface area contributed by atoms with Gasteiger partial charge in [-0.2, -0.15) is 0 Å². The first-order chi connectivity index (χ1) is 9.83. The molecule has 0 saturated heterocycles. The maximum atomic E-state index is 13.5. The summed E-state index contributed by atoms with van der Waals surface area (Å²) in [5, 5.41) is 0. The number of sulfonamides is 1. The molecule has 4 nitrogen and oxygen atoms in total. The van der Waals surface area contributed by atoms with Crippen LogP contribution in [0.1, 0.15) is 44.6 Å². The van der Waals surface area contributed by atoms with Crippen LogP contribution in [0, 0.1) is 18.7 Å². The minimum atomic E-state index is -3.64. The van der Waals surface area contributed by atoms with E-state index in [1.54, 1.807) is 0 Å². The first-order valence-corrected chi connectivity index (χ1v) is 8.89. The van der Waals surface area contributed by atoms with Gasteiger partial charge in [0.25, 0.3) is 0 Å². The van der Waals surface area contributed by atoms with Crippen molar-refractivity contribution in [1.82, 2.24) is 4.72 Å². The van der Waals surface area contributed by atoms with Gasteiger partial charge in [-0.15, -0.1) is 0 Å². The number of benzene rings is 1. The number of nitrogens with one attached hydrogen (secondary N) is 1. The molecule has 1 fully saturated rings. The Hall–Kier alpha value is -1.14. The summed E-state index contributed by atoms with van der Waals surface area (Å²) in [5.74, 6) is 0.145. The number of hydrogen-bond acceptors (Lipinski definition) is 3. The lowest BCUT2D eigenvalue weighted by atomic mass is 9.85. The number of aryl methyl sites for hydroxylation is 1. The molecular weight excluding hydrogens is 291 g/mol. The van der Waals surface area contributed by atoms with Crippen LogP contribution in [0.3, 0.4) is 0 Å². The summed E-state index contributed by atoms with van der Waals surface area (Å²) >= 11 is 0. The Morgan fingerprint density at radius 2 is 1.90 bits per heavy atom. The van der Waals surface area contributed by atoms with E-state index in [4.69, 9.17) is 5.73 Å². The summed E-state index contributed by atoms with van der Waals surface area (Å²) in [6.45, 7) is 3.68. The highest BCUT2D eigenvalue weighted by Crippen LogP contribution is 2.28. The molecule has 0 amide bonds. The van der Waals surface area contributed by atoms with Crippen molar-refractivity contribution in [2.45, 2.75) is 56.9 Å². The molecule has 118 valence electrons. The monoisotopic (exact) mass is 314 g/mol. The van der Waals surface area contributed by atoms with E-state index in [1.165, 1.54) is 19.1 Å². The fourth-order valence-electron chi connectivity index (χ4n) is 2.89. The van der Waals surface area contributed by atoms with Gasteiger partial charge in [-0.3, -0.25) is 0 Å². The van der Waals surface area contributed by atoms with Crippen LogP contribution in [0.2, 0.25) is 0 Å². The molecule has 0 unspecified atom stereocenters. The second-order valence-electron chi connectivity index (χ2n) is 5.89. The highest BCUT2D eigenvalue weighted by molar-refractivity contribution is 7.89.